The number of amidine groups is 1. The Morgan fingerprint density at radius 1 is 0.727 bits per heavy atom. The standard InChI is InChI=1S/C35H67FN12O9S.C15H24O3S/c36-21-31(43)47-14-6-3-8-26(40)33(50)55-23-30(57-35(52)28(42)24-58-20-19-46-16-11-38)29(56-34(51)27(41)9-2-4-12-44-15-10-37)22-54-32(49)25(39)7-1-5-13-45-17-18-48-53;1-3-4-5-6-7-8-9-14-12-13(2)10-11-15(14)19(16,17)18/h10-11,18,25-30,37-38,44-46,53H,1-9,12-17,19-24,39-42H2,(H2,43,47);10-12H,3-9H2,1-2H3,(H,16,17,18). The molecule has 442 valence electrons. The van der Waals surface area contributed by atoms with Gasteiger partial charge in [0.25, 0.3) is 10.1 Å². The molecule has 0 saturated carbocycles. The summed E-state index contributed by atoms with van der Waals surface area (Å²) >= 11 is 1.35. The van der Waals surface area contributed by atoms with Crippen molar-refractivity contribution in [3.05, 3.63) is 29.3 Å². The van der Waals surface area contributed by atoms with Crippen molar-refractivity contribution in [2.45, 2.75) is 158 Å². The van der Waals surface area contributed by atoms with Crippen LogP contribution >= 0.6 is 11.8 Å². The fourth-order valence-electron chi connectivity index (χ4n) is 7.00. The molecule has 0 spiro atoms. The van der Waals surface area contributed by atoms with Gasteiger partial charge < -0.3 is 79.6 Å². The fraction of sp³-hybridized carbons (Fsp3) is 0.720. The molecule has 1 rings (SSSR count). The summed E-state index contributed by atoms with van der Waals surface area (Å²) in [6.07, 6.45) is 12.4. The molecule has 24 nitrogen and oxygen atoms in total. The lowest BCUT2D eigenvalue weighted by molar-refractivity contribution is -0.184. The Morgan fingerprint density at radius 3 is 1.77 bits per heavy atom. The van der Waals surface area contributed by atoms with Crippen LogP contribution in [0.3, 0.4) is 0 Å². The van der Waals surface area contributed by atoms with E-state index in [0.29, 0.717) is 90.0 Å². The Bertz CT molecular complexity index is 1980. The third-order valence-electron chi connectivity index (χ3n) is 11.4. The lowest BCUT2D eigenvalue weighted by atomic mass is 10.0. The molecule has 0 radical (unpaired) electrons. The lowest BCUT2D eigenvalue weighted by Gasteiger charge is -2.29. The van der Waals surface area contributed by atoms with E-state index in [2.05, 4.69) is 33.0 Å². The number of alkyl halides is 1. The average molecular weight is 1140 g/mol. The van der Waals surface area contributed by atoms with Crippen molar-refractivity contribution in [3.8, 4) is 0 Å². The van der Waals surface area contributed by atoms with Gasteiger partial charge in [-0.3, -0.25) is 28.7 Å². The van der Waals surface area contributed by atoms with Crippen molar-refractivity contribution < 1.29 is 60.7 Å². The number of benzene rings is 1. The quantitative estimate of drug-likeness (QED) is 0.00652. The van der Waals surface area contributed by atoms with E-state index in [9.17, 15) is 36.5 Å². The van der Waals surface area contributed by atoms with Crippen LogP contribution in [0.1, 0.15) is 114 Å². The Balaban J connectivity index is 0.00000253. The van der Waals surface area contributed by atoms with E-state index in [-0.39, 0.29) is 42.3 Å². The molecule has 0 heterocycles. The number of aryl methyl sites for hydroxylation is 2. The molecule has 0 aromatic heterocycles. The van der Waals surface area contributed by atoms with Crippen molar-refractivity contribution >= 4 is 70.2 Å². The molecule has 0 aliphatic heterocycles. The molecule has 0 fully saturated rings. The smallest absolute Gasteiger partial charge is 0.324 e. The summed E-state index contributed by atoms with van der Waals surface area (Å²) < 4.78 is 66.6. The molecule has 17 N–H and O–H groups in total. The van der Waals surface area contributed by atoms with E-state index in [0.717, 1.165) is 24.0 Å². The zero-order valence-electron chi connectivity index (χ0n) is 45.2. The number of thioether (sulfide) groups is 1. The molecule has 1 aromatic carbocycles. The van der Waals surface area contributed by atoms with Gasteiger partial charge in [0.05, 0.1) is 11.1 Å². The number of halogens is 1. The SMILES string of the molecule is CCCCCCCCc1cc(C)ccc1S(=O)(=O)O.N=CCNCCCCC(N)C(=O)OC(COC(=O)C(N)CCCCNCC=NO)C(COC(=O)C(N)CCCCN=C(N)CF)OC(=O)C(N)CSCCNCC=N. The van der Waals surface area contributed by atoms with Gasteiger partial charge in [-0.05, 0) is 89.4 Å². The summed E-state index contributed by atoms with van der Waals surface area (Å²) in [6, 6.07) is 0.658. The van der Waals surface area contributed by atoms with Crippen LogP contribution in [-0.4, -0.2) is 180 Å². The van der Waals surface area contributed by atoms with Gasteiger partial charge in [-0.15, -0.1) is 5.16 Å². The molecule has 0 amide bonds. The number of unbranched alkanes of at least 4 members (excludes halogenated alkanes) is 8. The minimum absolute atomic E-state index is 0.0617. The number of hydrogen-bond donors (Lipinski definition) is 12. The van der Waals surface area contributed by atoms with Crippen LogP contribution in [0.25, 0.3) is 0 Å². The number of esters is 4. The summed E-state index contributed by atoms with van der Waals surface area (Å²) in [7, 11) is -4.10. The molecule has 6 atom stereocenters. The Kier molecular flexibility index (Phi) is 43.4. The van der Waals surface area contributed by atoms with Crippen LogP contribution in [0.4, 0.5) is 4.39 Å². The normalized spacial score (nSPS) is 14.1. The van der Waals surface area contributed by atoms with Crippen molar-refractivity contribution in [2.75, 3.05) is 77.2 Å². The fourth-order valence-corrected chi connectivity index (χ4v) is 8.58. The van der Waals surface area contributed by atoms with Gasteiger partial charge in [0.2, 0.25) is 0 Å². The molecule has 0 aliphatic carbocycles. The van der Waals surface area contributed by atoms with Crippen LogP contribution in [0, 0.1) is 17.7 Å². The molecule has 6 unspecified atom stereocenters. The van der Waals surface area contributed by atoms with Crippen LogP contribution < -0.4 is 44.6 Å². The van der Waals surface area contributed by atoms with Crippen molar-refractivity contribution in [2.24, 2.45) is 38.8 Å². The van der Waals surface area contributed by atoms with Crippen molar-refractivity contribution in [3.63, 3.8) is 0 Å². The Labute approximate surface area is 459 Å². The Morgan fingerprint density at radius 2 is 1.23 bits per heavy atom. The first-order valence-corrected chi connectivity index (χ1v) is 29.0. The summed E-state index contributed by atoms with van der Waals surface area (Å²) in [6.45, 7) is 5.08. The number of nitrogens with zero attached hydrogens (tertiary/aromatic N) is 2. The number of carbonyl (C=O) groups excluding carboxylic acids is 4. The third kappa shape index (κ3) is 37.7. The molecule has 0 saturated heterocycles. The molecular weight excluding hydrogens is 1040 g/mol. The van der Waals surface area contributed by atoms with Crippen LogP contribution in [0.15, 0.2) is 33.2 Å². The minimum atomic E-state index is -4.10. The third-order valence-corrected chi connectivity index (χ3v) is 13.4. The predicted molar refractivity (Wildman–Crippen MR) is 299 cm³/mol. The number of aliphatic imine (C=N–C) groups is 1. The van der Waals surface area contributed by atoms with E-state index in [1.165, 1.54) is 62.2 Å². The van der Waals surface area contributed by atoms with Crippen LogP contribution in [0.5, 0.6) is 0 Å². The Hall–Kier alpha value is -4.71. The zero-order valence-corrected chi connectivity index (χ0v) is 46.8. The second-order valence-corrected chi connectivity index (χ2v) is 20.7. The number of nitrogens with two attached hydrogens (primary N) is 5. The van der Waals surface area contributed by atoms with E-state index in [4.69, 9.17) is 63.6 Å². The number of oxime groups is 1. The highest BCUT2D eigenvalue weighted by Crippen LogP contribution is 2.21. The maximum atomic E-state index is 13.3. The number of rotatable bonds is 46. The van der Waals surface area contributed by atoms with Crippen molar-refractivity contribution in [1.29, 1.82) is 10.8 Å². The van der Waals surface area contributed by atoms with E-state index >= 15 is 0 Å². The first-order chi connectivity index (χ1) is 36.9. The monoisotopic (exact) mass is 1130 g/mol. The van der Waals surface area contributed by atoms with E-state index in [1.807, 2.05) is 13.0 Å². The van der Waals surface area contributed by atoms with Gasteiger partial charge in [0.15, 0.2) is 12.2 Å². The minimum Gasteiger partial charge on any atom is -0.460 e. The van der Waals surface area contributed by atoms with E-state index < -0.39 is 90.3 Å². The molecule has 1 aromatic rings. The largest absolute Gasteiger partial charge is 0.460 e. The highest BCUT2D eigenvalue weighted by molar-refractivity contribution is 7.99. The van der Waals surface area contributed by atoms with Gasteiger partial charge >= 0.3 is 23.9 Å². The number of carbonyl (C=O) groups is 4. The second kappa shape index (κ2) is 46.2. The number of ether oxygens (including phenoxy) is 4. The molecule has 27 heteroatoms. The predicted octanol–water partition coefficient (Wildman–Crippen LogP) is 2.45. The summed E-state index contributed by atoms with van der Waals surface area (Å²) in [5, 5.41) is 34.6. The molecule has 0 bridgehead atoms. The molecule has 0 aliphatic rings. The lowest BCUT2D eigenvalue weighted by Crippen LogP contribution is -2.49. The van der Waals surface area contributed by atoms with E-state index in [1.54, 1.807) is 6.07 Å². The van der Waals surface area contributed by atoms with Gasteiger partial charge in [0.1, 0.15) is 49.9 Å². The van der Waals surface area contributed by atoms with Crippen molar-refractivity contribution in [1.82, 2.24) is 16.0 Å². The average Bonchev–Trinajstić information content (AvgIpc) is 3.40. The maximum absolute atomic E-state index is 13.3. The van der Waals surface area contributed by atoms with Gasteiger partial charge in [0, 0.05) is 56.7 Å². The summed E-state index contributed by atoms with van der Waals surface area (Å²) in [5.74, 6) is -2.91. The summed E-state index contributed by atoms with van der Waals surface area (Å²) in [5.41, 5.74) is 31.5. The number of hydrogen-bond acceptors (Lipinski definition) is 23. The summed E-state index contributed by atoms with van der Waals surface area (Å²) in [4.78, 5) is 56.4. The van der Waals surface area contributed by atoms with Crippen LogP contribution in [0.2, 0.25) is 0 Å². The van der Waals surface area contributed by atoms with Gasteiger partial charge in [-0.2, -0.15) is 20.2 Å². The zero-order chi connectivity index (χ0) is 57.7. The first kappa shape index (κ1) is 72.3. The number of nitrogens with one attached hydrogen (secondary N) is 5. The first-order valence-electron chi connectivity index (χ1n) is 26.4. The van der Waals surface area contributed by atoms with Gasteiger partial charge in [-0.25, -0.2) is 4.39 Å². The molecule has 77 heavy (non-hydrogen) atoms. The molecular formula is C50H91FN12O12S2. The topological polar surface area (TPSA) is 418 Å². The van der Waals surface area contributed by atoms with Crippen LogP contribution in [-0.2, 0) is 54.7 Å². The maximum Gasteiger partial charge on any atom is 0.324 e. The van der Waals surface area contributed by atoms with Gasteiger partial charge in [-0.1, -0.05) is 69.6 Å². The second-order valence-electron chi connectivity index (χ2n) is 18.1. The highest BCUT2D eigenvalue weighted by atomic mass is 32.2. The highest BCUT2D eigenvalue weighted by Gasteiger charge is 2.35.